The molecular weight excluding hydrogens is 325 g/mol. The number of allylic oxidation sites excluding steroid dienone is 1. The van der Waals surface area contributed by atoms with Crippen LogP contribution in [0.25, 0.3) is 4.91 Å². The fourth-order valence-corrected chi connectivity index (χ4v) is 3.64. The van der Waals surface area contributed by atoms with Crippen molar-refractivity contribution >= 4 is 29.3 Å². The van der Waals surface area contributed by atoms with Crippen LogP contribution in [0.2, 0.25) is 0 Å². The van der Waals surface area contributed by atoms with E-state index in [0.29, 0.717) is 5.56 Å². The molecule has 0 saturated carbocycles. The van der Waals surface area contributed by atoms with Crippen molar-refractivity contribution in [3.05, 3.63) is 40.8 Å². The molecule has 1 aromatic rings. The molecule has 4 nitrogen and oxygen atoms in total. The molecule has 1 heterocycles. The number of thioether (sulfide) groups is 1. The highest BCUT2D eigenvalue weighted by molar-refractivity contribution is 8.07. The fourth-order valence-electron chi connectivity index (χ4n) is 2.92. The second-order valence-corrected chi connectivity index (χ2v) is 6.76. The molecule has 24 heavy (non-hydrogen) atoms. The lowest BCUT2D eigenvalue weighted by molar-refractivity contribution is -0.125. The van der Waals surface area contributed by atoms with Crippen molar-refractivity contribution < 1.29 is 9.18 Å². The largest absolute Gasteiger partial charge is 0.351 e. The Morgan fingerprint density at radius 2 is 2.29 bits per heavy atom. The number of carbonyl (C=O) groups excluding carboxylic acids is 1. The monoisotopic (exact) mass is 349 g/mol. The maximum atomic E-state index is 14.4. The SMILES string of the molecule is C=N/C(C)=C(\SC)c1ccc(CNC(=O)[C@@H]2CCCN2C)c(F)c1. The van der Waals surface area contributed by atoms with E-state index in [1.165, 1.54) is 17.8 Å². The molecule has 1 amide bonds. The van der Waals surface area contributed by atoms with Crippen LogP contribution in [0, 0.1) is 5.82 Å². The molecule has 130 valence electrons. The number of likely N-dealkylation sites (tertiary alicyclic amines) is 1. The Hall–Kier alpha value is -1.66. The molecule has 0 spiro atoms. The van der Waals surface area contributed by atoms with Crippen LogP contribution in [0.3, 0.4) is 0 Å². The number of carbonyl (C=O) groups is 1. The third kappa shape index (κ3) is 4.24. The van der Waals surface area contributed by atoms with Crippen molar-refractivity contribution in [2.45, 2.75) is 32.4 Å². The molecule has 0 unspecified atom stereocenters. The molecule has 0 aliphatic carbocycles. The summed E-state index contributed by atoms with van der Waals surface area (Å²) >= 11 is 1.51. The summed E-state index contributed by atoms with van der Waals surface area (Å²) in [5.41, 5.74) is 2.03. The second kappa shape index (κ2) is 8.44. The first-order chi connectivity index (χ1) is 11.5. The van der Waals surface area contributed by atoms with Gasteiger partial charge in [-0.1, -0.05) is 12.1 Å². The van der Waals surface area contributed by atoms with E-state index in [-0.39, 0.29) is 24.3 Å². The predicted molar refractivity (Wildman–Crippen MR) is 99.6 cm³/mol. The van der Waals surface area contributed by atoms with E-state index in [1.807, 2.05) is 31.2 Å². The van der Waals surface area contributed by atoms with Crippen LogP contribution in [0.15, 0.2) is 28.9 Å². The van der Waals surface area contributed by atoms with Crippen molar-refractivity contribution in [2.75, 3.05) is 19.8 Å². The summed E-state index contributed by atoms with van der Waals surface area (Å²) in [6.07, 6.45) is 3.81. The van der Waals surface area contributed by atoms with Gasteiger partial charge in [0.25, 0.3) is 0 Å². The first-order valence-corrected chi connectivity index (χ1v) is 9.18. The zero-order valence-electron chi connectivity index (χ0n) is 14.4. The van der Waals surface area contributed by atoms with Crippen LogP contribution in [0.4, 0.5) is 4.39 Å². The van der Waals surface area contributed by atoms with Crippen molar-refractivity contribution in [3.63, 3.8) is 0 Å². The number of amides is 1. The average Bonchev–Trinajstić information content (AvgIpc) is 3.00. The smallest absolute Gasteiger partial charge is 0.237 e. The summed E-state index contributed by atoms with van der Waals surface area (Å²) < 4.78 is 14.4. The molecule has 2 rings (SSSR count). The minimum Gasteiger partial charge on any atom is -0.351 e. The Morgan fingerprint density at radius 3 is 2.83 bits per heavy atom. The molecule has 1 aromatic carbocycles. The van der Waals surface area contributed by atoms with Gasteiger partial charge in [0.15, 0.2) is 0 Å². The van der Waals surface area contributed by atoms with Gasteiger partial charge in [0.1, 0.15) is 5.82 Å². The highest BCUT2D eigenvalue weighted by atomic mass is 32.2. The molecule has 0 radical (unpaired) electrons. The number of likely N-dealkylation sites (N-methyl/N-ethyl adjacent to an activating group) is 1. The average molecular weight is 349 g/mol. The summed E-state index contributed by atoms with van der Waals surface area (Å²) in [7, 11) is 1.94. The zero-order valence-corrected chi connectivity index (χ0v) is 15.3. The van der Waals surface area contributed by atoms with Crippen LogP contribution < -0.4 is 5.32 Å². The van der Waals surface area contributed by atoms with E-state index < -0.39 is 0 Å². The number of aliphatic imine (C=N–C) groups is 1. The summed E-state index contributed by atoms with van der Waals surface area (Å²) in [6.45, 7) is 6.50. The summed E-state index contributed by atoms with van der Waals surface area (Å²) in [5, 5.41) is 2.84. The van der Waals surface area contributed by atoms with Crippen LogP contribution >= 0.6 is 11.8 Å². The third-order valence-electron chi connectivity index (χ3n) is 4.36. The van der Waals surface area contributed by atoms with E-state index in [2.05, 4.69) is 17.0 Å². The van der Waals surface area contributed by atoms with Crippen molar-refractivity contribution in [2.24, 2.45) is 4.99 Å². The Kier molecular flexibility index (Phi) is 6.57. The summed E-state index contributed by atoms with van der Waals surface area (Å²) in [5.74, 6) is -0.356. The Labute approximate surface area is 147 Å². The van der Waals surface area contributed by atoms with Crippen LogP contribution in [-0.2, 0) is 11.3 Å². The van der Waals surface area contributed by atoms with Gasteiger partial charge in [0.05, 0.1) is 11.7 Å². The molecule has 1 atom stereocenters. The lowest BCUT2D eigenvalue weighted by Gasteiger charge is -2.18. The van der Waals surface area contributed by atoms with Gasteiger partial charge in [-0.25, -0.2) is 4.39 Å². The van der Waals surface area contributed by atoms with Gasteiger partial charge >= 0.3 is 0 Å². The number of nitrogens with one attached hydrogen (secondary N) is 1. The number of nitrogens with zero attached hydrogens (tertiary/aromatic N) is 2. The number of rotatable bonds is 6. The Balaban J connectivity index is 2.07. The van der Waals surface area contributed by atoms with Crippen LogP contribution in [-0.4, -0.2) is 43.4 Å². The maximum Gasteiger partial charge on any atom is 0.237 e. The number of hydrogen-bond donors (Lipinski definition) is 1. The summed E-state index contributed by atoms with van der Waals surface area (Å²) in [4.78, 5) is 19.0. The Morgan fingerprint density at radius 1 is 1.54 bits per heavy atom. The highest BCUT2D eigenvalue weighted by Crippen LogP contribution is 2.30. The van der Waals surface area contributed by atoms with Gasteiger partial charge in [0, 0.05) is 17.0 Å². The van der Waals surface area contributed by atoms with Gasteiger partial charge in [-0.3, -0.25) is 14.7 Å². The number of halogens is 1. The topological polar surface area (TPSA) is 44.7 Å². The van der Waals surface area contributed by atoms with Crippen molar-refractivity contribution in [1.82, 2.24) is 10.2 Å². The lowest BCUT2D eigenvalue weighted by Crippen LogP contribution is -2.41. The zero-order chi connectivity index (χ0) is 17.7. The van der Waals surface area contributed by atoms with E-state index in [0.717, 1.165) is 35.6 Å². The normalized spacial score (nSPS) is 19.1. The first-order valence-electron chi connectivity index (χ1n) is 7.96. The molecule has 0 aromatic heterocycles. The van der Waals surface area contributed by atoms with E-state index in [1.54, 1.807) is 6.07 Å². The number of benzene rings is 1. The quantitative estimate of drug-likeness (QED) is 0.802. The van der Waals surface area contributed by atoms with Crippen molar-refractivity contribution in [3.8, 4) is 0 Å². The van der Waals surface area contributed by atoms with Gasteiger partial charge in [0.2, 0.25) is 5.91 Å². The molecule has 1 aliphatic heterocycles. The van der Waals surface area contributed by atoms with Gasteiger partial charge in [-0.05, 0) is 58.0 Å². The fraction of sp³-hybridized carbons (Fsp3) is 0.444. The van der Waals surface area contributed by atoms with E-state index >= 15 is 0 Å². The minimum atomic E-state index is -0.323. The van der Waals surface area contributed by atoms with Gasteiger partial charge in [-0.15, -0.1) is 11.8 Å². The van der Waals surface area contributed by atoms with E-state index in [4.69, 9.17) is 0 Å². The predicted octanol–water partition coefficient (Wildman–Crippen LogP) is 3.29. The molecule has 6 heteroatoms. The van der Waals surface area contributed by atoms with Crippen LogP contribution in [0.1, 0.15) is 30.9 Å². The standard InChI is InChI=1S/C18H24FN3OS/c1-12(20-2)17(24-4)13-7-8-14(15(19)10-13)11-21-18(23)16-6-5-9-22(16)3/h7-8,10,16H,2,5-6,9,11H2,1,3-4H3,(H,21,23)/b17-12-/t16-/m0/s1. The van der Waals surface area contributed by atoms with Gasteiger partial charge < -0.3 is 5.32 Å². The highest BCUT2D eigenvalue weighted by Gasteiger charge is 2.27. The van der Waals surface area contributed by atoms with Crippen molar-refractivity contribution in [1.29, 1.82) is 0 Å². The molecule has 1 aliphatic rings. The molecule has 0 bridgehead atoms. The Bertz CT molecular complexity index is 660. The molecular formula is C18H24FN3OS. The van der Waals surface area contributed by atoms with Gasteiger partial charge in [-0.2, -0.15) is 0 Å². The minimum absolute atomic E-state index is 0.0325. The maximum absolute atomic E-state index is 14.4. The molecule has 1 N–H and O–H groups in total. The molecule has 1 saturated heterocycles. The second-order valence-electron chi connectivity index (χ2n) is 5.94. The lowest BCUT2D eigenvalue weighted by atomic mass is 10.1. The summed E-state index contributed by atoms with van der Waals surface area (Å²) in [6, 6.07) is 4.96. The first kappa shape index (κ1) is 18.7. The molecule has 1 fully saturated rings. The third-order valence-corrected chi connectivity index (χ3v) is 5.30. The van der Waals surface area contributed by atoms with E-state index in [9.17, 15) is 9.18 Å². The van der Waals surface area contributed by atoms with Crippen LogP contribution in [0.5, 0.6) is 0 Å². The number of hydrogen-bond acceptors (Lipinski definition) is 4.